The molecule has 0 aromatic heterocycles. The quantitative estimate of drug-likeness (QED) is 0.571. The van der Waals surface area contributed by atoms with Crippen LogP contribution in [0.2, 0.25) is 0 Å². The Hall–Kier alpha value is -0.0800. The maximum absolute atomic E-state index is 3.72. The minimum Gasteiger partial charge on any atom is -0.314 e. The van der Waals surface area contributed by atoms with E-state index in [1.165, 1.54) is 96.8 Å². The average molecular weight is 281 g/mol. The van der Waals surface area contributed by atoms with E-state index >= 15 is 0 Å². The summed E-state index contributed by atoms with van der Waals surface area (Å²) < 4.78 is 0. The summed E-state index contributed by atoms with van der Waals surface area (Å²) >= 11 is 0. The number of nitrogens with zero attached hydrogens (tertiary/aromatic N) is 1. The molecule has 1 saturated heterocycles. The SMILES string of the molecule is CCCCCCCCCN1CCCC(CNC2CC2)C1. The van der Waals surface area contributed by atoms with Crippen molar-refractivity contribution in [2.45, 2.75) is 83.6 Å². The Morgan fingerprint density at radius 1 is 0.950 bits per heavy atom. The highest BCUT2D eigenvalue weighted by atomic mass is 15.1. The van der Waals surface area contributed by atoms with Gasteiger partial charge in [-0.1, -0.05) is 45.4 Å². The summed E-state index contributed by atoms with van der Waals surface area (Å²) in [6.45, 7) is 7.64. The van der Waals surface area contributed by atoms with Gasteiger partial charge in [-0.2, -0.15) is 0 Å². The van der Waals surface area contributed by atoms with Crippen LogP contribution in [-0.2, 0) is 0 Å². The van der Waals surface area contributed by atoms with Crippen molar-refractivity contribution in [2.75, 3.05) is 26.2 Å². The Balaban J connectivity index is 1.45. The maximum atomic E-state index is 3.72. The molecule has 1 saturated carbocycles. The number of nitrogens with one attached hydrogen (secondary N) is 1. The third-order valence-electron chi connectivity index (χ3n) is 4.95. The molecule has 2 rings (SSSR count). The summed E-state index contributed by atoms with van der Waals surface area (Å²) in [7, 11) is 0. The third kappa shape index (κ3) is 7.08. The van der Waals surface area contributed by atoms with Crippen LogP contribution >= 0.6 is 0 Å². The van der Waals surface area contributed by atoms with Crippen molar-refractivity contribution in [1.29, 1.82) is 0 Å². The predicted octanol–water partition coefficient (Wildman–Crippen LogP) is 4.20. The summed E-state index contributed by atoms with van der Waals surface area (Å²) in [5.74, 6) is 0.925. The molecule has 1 heterocycles. The number of rotatable bonds is 11. The van der Waals surface area contributed by atoms with Crippen molar-refractivity contribution in [3.63, 3.8) is 0 Å². The second kappa shape index (κ2) is 9.78. The van der Waals surface area contributed by atoms with E-state index in [4.69, 9.17) is 0 Å². The van der Waals surface area contributed by atoms with Gasteiger partial charge in [-0.15, -0.1) is 0 Å². The number of piperidine rings is 1. The van der Waals surface area contributed by atoms with Crippen LogP contribution in [0.5, 0.6) is 0 Å². The minimum atomic E-state index is 0.883. The lowest BCUT2D eigenvalue weighted by molar-refractivity contribution is 0.169. The van der Waals surface area contributed by atoms with Gasteiger partial charge in [-0.25, -0.2) is 0 Å². The van der Waals surface area contributed by atoms with Gasteiger partial charge >= 0.3 is 0 Å². The molecule has 1 N–H and O–H groups in total. The van der Waals surface area contributed by atoms with E-state index in [9.17, 15) is 0 Å². The first kappa shape index (κ1) is 16.3. The van der Waals surface area contributed by atoms with Crippen molar-refractivity contribution in [3.8, 4) is 0 Å². The van der Waals surface area contributed by atoms with Crippen molar-refractivity contribution in [3.05, 3.63) is 0 Å². The lowest BCUT2D eigenvalue weighted by Crippen LogP contribution is -2.40. The first-order valence-corrected chi connectivity index (χ1v) is 9.34. The Morgan fingerprint density at radius 3 is 2.45 bits per heavy atom. The molecule has 1 aliphatic carbocycles. The van der Waals surface area contributed by atoms with E-state index in [1.807, 2.05) is 0 Å². The average Bonchev–Trinajstić information content (AvgIpc) is 3.29. The largest absolute Gasteiger partial charge is 0.314 e. The molecule has 0 aromatic rings. The zero-order chi connectivity index (χ0) is 14.0. The van der Waals surface area contributed by atoms with Gasteiger partial charge in [0.05, 0.1) is 0 Å². The highest BCUT2D eigenvalue weighted by molar-refractivity contribution is 4.83. The van der Waals surface area contributed by atoms with Crippen molar-refractivity contribution in [2.24, 2.45) is 5.92 Å². The summed E-state index contributed by atoms with van der Waals surface area (Å²) in [4.78, 5) is 2.73. The Morgan fingerprint density at radius 2 is 1.70 bits per heavy atom. The molecule has 0 bridgehead atoms. The Kier molecular flexibility index (Phi) is 7.97. The second-order valence-electron chi connectivity index (χ2n) is 7.11. The first-order valence-electron chi connectivity index (χ1n) is 9.34. The van der Waals surface area contributed by atoms with Crippen LogP contribution in [-0.4, -0.2) is 37.1 Å². The molecule has 2 heteroatoms. The van der Waals surface area contributed by atoms with Crippen LogP contribution in [0.3, 0.4) is 0 Å². The van der Waals surface area contributed by atoms with Gasteiger partial charge in [0.2, 0.25) is 0 Å². The molecule has 0 amide bonds. The number of hydrogen-bond acceptors (Lipinski definition) is 2. The van der Waals surface area contributed by atoms with E-state index in [0.717, 1.165) is 12.0 Å². The predicted molar refractivity (Wildman–Crippen MR) is 88.2 cm³/mol. The van der Waals surface area contributed by atoms with Crippen LogP contribution in [0.25, 0.3) is 0 Å². The molecule has 20 heavy (non-hydrogen) atoms. The number of hydrogen-bond donors (Lipinski definition) is 1. The van der Waals surface area contributed by atoms with Crippen LogP contribution < -0.4 is 5.32 Å². The highest BCUT2D eigenvalue weighted by Crippen LogP contribution is 2.21. The molecule has 1 aliphatic heterocycles. The summed E-state index contributed by atoms with van der Waals surface area (Å²) in [5.41, 5.74) is 0. The fraction of sp³-hybridized carbons (Fsp3) is 1.00. The van der Waals surface area contributed by atoms with Gasteiger partial charge in [0.25, 0.3) is 0 Å². The van der Waals surface area contributed by atoms with Gasteiger partial charge in [0.15, 0.2) is 0 Å². The third-order valence-corrected chi connectivity index (χ3v) is 4.95. The smallest absolute Gasteiger partial charge is 0.00683 e. The fourth-order valence-electron chi connectivity index (χ4n) is 3.43. The van der Waals surface area contributed by atoms with Crippen molar-refractivity contribution >= 4 is 0 Å². The molecular formula is C18H36N2. The molecule has 2 aliphatic rings. The normalized spacial score (nSPS) is 24.1. The zero-order valence-corrected chi connectivity index (χ0v) is 13.7. The summed E-state index contributed by atoms with van der Waals surface area (Å²) in [6.07, 6.45) is 15.8. The van der Waals surface area contributed by atoms with E-state index < -0.39 is 0 Å². The standard InChI is InChI=1S/C18H36N2/c1-2-3-4-5-6-7-8-13-20-14-9-10-17(16-20)15-19-18-11-12-18/h17-19H,2-16H2,1H3. The molecule has 1 atom stereocenters. The van der Waals surface area contributed by atoms with Gasteiger partial charge in [-0.05, 0) is 57.7 Å². The molecule has 118 valence electrons. The highest BCUT2D eigenvalue weighted by Gasteiger charge is 2.24. The molecular weight excluding hydrogens is 244 g/mol. The van der Waals surface area contributed by atoms with Gasteiger partial charge < -0.3 is 10.2 Å². The lowest BCUT2D eigenvalue weighted by Gasteiger charge is -2.33. The zero-order valence-electron chi connectivity index (χ0n) is 13.7. The number of unbranched alkanes of at least 4 members (excludes halogenated alkanes) is 6. The minimum absolute atomic E-state index is 0.883. The molecule has 0 spiro atoms. The van der Waals surface area contributed by atoms with Crippen LogP contribution in [0.1, 0.15) is 77.6 Å². The molecule has 0 radical (unpaired) electrons. The van der Waals surface area contributed by atoms with Crippen molar-refractivity contribution in [1.82, 2.24) is 10.2 Å². The first-order chi connectivity index (χ1) is 9.88. The van der Waals surface area contributed by atoms with Gasteiger partial charge in [0.1, 0.15) is 0 Å². The second-order valence-corrected chi connectivity index (χ2v) is 7.11. The maximum Gasteiger partial charge on any atom is 0.00683 e. The monoisotopic (exact) mass is 280 g/mol. The molecule has 0 aromatic carbocycles. The molecule has 1 unspecified atom stereocenters. The van der Waals surface area contributed by atoms with E-state index in [-0.39, 0.29) is 0 Å². The van der Waals surface area contributed by atoms with E-state index in [0.29, 0.717) is 0 Å². The van der Waals surface area contributed by atoms with Crippen LogP contribution in [0.15, 0.2) is 0 Å². The summed E-state index contributed by atoms with van der Waals surface area (Å²) in [5, 5.41) is 3.72. The topological polar surface area (TPSA) is 15.3 Å². The Bertz CT molecular complexity index is 238. The van der Waals surface area contributed by atoms with Crippen LogP contribution in [0.4, 0.5) is 0 Å². The van der Waals surface area contributed by atoms with E-state index in [1.54, 1.807) is 0 Å². The fourth-order valence-corrected chi connectivity index (χ4v) is 3.43. The van der Waals surface area contributed by atoms with Gasteiger partial charge in [-0.3, -0.25) is 0 Å². The van der Waals surface area contributed by atoms with Gasteiger partial charge in [0, 0.05) is 12.6 Å². The van der Waals surface area contributed by atoms with Crippen molar-refractivity contribution < 1.29 is 0 Å². The Labute approximate surface area is 126 Å². The summed E-state index contributed by atoms with van der Waals surface area (Å²) in [6, 6.07) is 0.883. The number of likely N-dealkylation sites (tertiary alicyclic amines) is 1. The van der Waals surface area contributed by atoms with Crippen LogP contribution in [0, 0.1) is 5.92 Å². The molecule has 2 nitrogen and oxygen atoms in total. The lowest BCUT2D eigenvalue weighted by atomic mass is 9.97. The molecule has 2 fully saturated rings. The van der Waals surface area contributed by atoms with E-state index in [2.05, 4.69) is 17.1 Å².